The van der Waals surface area contributed by atoms with Gasteiger partial charge in [-0.3, -0.25) is 0 Å². The third-order valence-electron chi connectivity index (χ3n) is 3.87. The number of guanidine groups is 1. The van der Waals surface area contributed by atoms with E-state index >= 15 is 0 Å². The van der Waals surface area contributed by atoms with Crippen molar-refractivity contribution in [1.82, 2.24) is 25.4 Å². The fraction of sp³-hybridized carbons (Fsp3) is 0.500. The molecule has 0 spiro atoms. The van der Waals surface area contributed by atoms with Gasteiger partial charge in [0.25, 0.3) is 0 Å². The first-order valence-electron chi connectivity index (χ1n) is 8.64. The Hall–Kier alpha value is -2.57. The van der Waals surface area contributed by atoms with Crippen LogP contribution in [-0.2, 0) is 20.1 Å². The molecule has 0 radical (unpaired) electrons. The summed E-state index contributed by atoms with van der Waals surface area (Å²) in [5, 5.41) is 14.8. The third kappa shape index (κ3) is 5.20. The van der Waals surface area contributed by atoms with Crippen molar-refractivity contribution >= 4 is 5.96 Å². The van der Waals surface area contributed by atoms with Crippen molar-refractivity contribution in [1.29, 1.82) is 0 Å². The van der Waals surface area contributed by atoms with Gasteiger partial charge in [-0.15, -0.1) is 10.2 Å². The molecular formula is C18H28N6O. The first kappa shape index (κ1) is 18.8. The number of ether oxygens (including phenoxy) is 1. The van der Waals surface area contributed by atoms with Gasteiger partial charge in [0.1, 0.15) is 11.6 Å². The lowest BCUT2D eigenvalue weighted by Gasteiger charge is -2.13. The Morgan fingerprint density at radius 1 is 1.20 bits per heavy atom. The fourth-order valence-electron chi connectivity index (χ4n) is 2.36. The number of hydrogen-bond donors (Lipinski definition) is 2. The van der Waals surface area contributed by atoms with E-state index in [9.17, 15) is 0 Å². The minimum atomic E-state index is 0.544. The topological polar surface area (TPSA) is 76.4 Å². The lowest BCUT2D eigenvalue weighted by Crippen LogP contribution is -2.37. The van der Waals surface area contributed by atoms with E-state index in [4.69, 9.17) is 4.74 Å². The van der Waals surface area contributed by atoms with Gasteiger partial charge < -0.3 is 19.9 Å². The highest BCUT2D eigenvalue weighted by Gasteiger charge is 2.07. The zero-order valence-electron chi connectivity index (χ0n) is 15.8. The van der Waals surface area contributed by atoms with Crippen LogP contribution in [0.2, 0.25) is 0 Å². The van der Waals surface area contributed by atoms with Crippen LogP contribution in [0.1, 0.15) is 36.6 Å². The van der Waals surface area contributed by atoms with E-state index in [1.54, 1.807) is 0 Å². The Balaban J connectivity index is 2.07. The van der Waals surface area contributed by atoms with Crippen molar-refractivity contribution in [2.45, 2.75) is 40.8 Å². The minimum absolute atomic E-state index is 0.544. The first-order valence-corrected chi connectivity index (χ1v) is 8.64. The summed E-state index contributed by atoms with van der Waals surface area (Å²) in [4.78, 5) is 4.66. The summed E-state index contributed by atoms with van der Waals surface area (Å²) >= 11 is 0. The van der Waals surface area contributed by atoms with Crippen molar-refractivity contribution in [2.75, 3.05) is 13.2 Å². The van der Waals surface area contributed by atoms with E-state index in [1.807, 2.05) is 32.4 Å². The van der Waals surface area contributed by atoms with E-state index in [0.717, 1.165) is 35.5 Å². The van der Waals surface area contributed by atoms with Crippen LogP contribution < -0.4 is 15.4 Å². The van der Waals surface area contributed by atoms with Gasteiger partial charge >= 0.3 is 0 Å². The van der Waals surface area contributed by atoms with Crippen LogP contribution >= 0.6 is 0 Å². The third-order valence-corrected chi connectivity index (χ3v) is 3.87. The summed E-state index contributed by atoms with van der Waals surface area (Å²) in [6.07, 6.45) is 0. The molecule has 1 aromatic carbocycles. The van der Waals surface area contributed by atoms with Crippen LogP contribution in [0, 0.1) is 13.8 Å². The molecule has 2 aromatic rings. The molecular weight excluding hydrogens is 316 g/mol. The van der Waals surface area contributed by atoms with Gasteiger partial charge in [0.2, 0.25) is 0 Å². The number of rotatable bonds is 7. The smallest absolute Gasteiger partial charge is 0.191 e. The second-order valence-corrected chi connectivity index (χ2v) is 5.82. The molecule has 0 aliphatic rings. The molecule has 0 atom stereocenters. The molecule has 0 aliphatic heterocycles. The molecule has 0 saturated carbocycles. The van der Waals surface area contributed by atoms with Gasteiger partial charge in [-0.1, -0.05) is 12.1 Å². The van der Waals surface area contributed by atoms with Gasteiger partial charge in [-0.25, -0.2) is 4.99 Å². The molecule has 136 valence electrons. The SMILES string of the molecule is CCNC(=NCc1ccc(C)cc1OCC)NCc1nnc(C)n1C. The average molecular weight is 344 g/mol. The zero-order chi connectivity index (χ0) is 18.2. The van der Waals surface area contributed by atoms with Crippen LogP contribution in [0.5, 0.6) is 5.75 Å². The van der Waals surface area contributed by atoms with E-state index < -0.39 is 0 Å². The first-order chi connectivity index (χ1) is 12.0. The molecule has 1 heterocycles. The average Bonchev–Trinajstić information content (AvgIpc) is 2.91. The summed E-state index contributed by atoms with van der Waals surface area (Å²) in [5.41, 5.74) is 2.25. The molecule has 7 nitrogen and oxygen atoms in total. The highest BCUT2D eigenvalue weighted by Crippen LogP contribution is 2.21. The standard InChI is InChI=1S/C18H28N6O/c1-6-19-18(21-12-17-23-22-14(4)24(17)5)20-11-15-9-8-13(3)10-16(15)25-7-2/h8-10H,6-7,11-12H2,1-5H3,(H2,19,20,21). The molecule has 1 aromatic heterocycles. The monoisotopic (exact) mass is 344 g/mol. The second-order valence-electron chi connectivity index (χ2n) is 5.82. The van der Waals surface area contributed by atoms with Crippen LogP contribution in [0.15, 0.2) is 23.2 Å². The van der Waals surface area contributed by atoms with Crippen molar-refractivity contribution in [2.24, 2.45) is 12.0 Å². The number of nitrogens with one attached hydrogen (secondary N) is 2. The predicted molar refractivity (Wildman–Crippen MR) is 99.7 cm³/mol. The Labute approximate surface area is 149 Å². The maximum absolute atomic E-state index is 5.73. The number of hydrogen-bond acceptors (Lipinski definition) is 4. The van der Waals surface area contributed by atoms with Crippen molar-refractivity contribution in [3.05, 3.63) is 41.0 Å². The maximum Gasteiger partial charge on any atom is 0.191 e. The Kier molecular flexibility index (Phi) is 6.80. The maximum atomic E-state index is 5.73. The molecule has 0 bridgehead atoms. The molecule has 0 amide bonds. The number of benzene rings is 1. The number of aryl methyl sites for hydroxylation is 2. The van der Waals surface area contributed by atoms with E-state index in [0.29, 0.717) is 19.7 Å². The highest BCUT2D eigenvalue weighted by atomic mass is 16.5. The van der Waals surface area contributed by atoms with Crippen LogP contribution in [0.25, 0.3) is 0 Å². The van der Waals surface area contributed by atoms with Crippen molar-refractivity contribution in [3.8, 4) is 5.75 Å². The van der Waals surface area contributed by atoms with Crippen LogP contribution in [-0.4, -0.2) is 33.9 Å². The molecule has 0 saturated heterocycles. The highest BCUT2D eigenvalue weighted by molar-refractivity contribution is 5.79. The van der Waals surface area contributed by atoms with Gasteiger partial charge in [-0.05, 0) is 39.3 Å². The normalized spacial score (nSPS) is 11.5. The van der Waals surface area contributed by atoms with Crippen LogP contribution in [0.3, 0.4) is 0 Å². The summed E-state index contributed by atoms with van der Waals surface area (Å²) in [5.74, 6) is 3.39. The fourth-order valence-corrected chi connectivity index (χ4v) is 2.36. The summed E-state index contributed by atoms with van der Waals surface area (Å²) < 4.78 is 7.69. The van der Waals surface area contributed by atoms with Crippen molar-refractivity contribution in [3.63, 3.8) is 0 Å². The van der Waals surface area contributed by atoms with Gasteiger partial charge in [0.15, 0.2) is 11.8 Å². The molecule has 7 heteroatoms. The molecule has 0 aliphatic carbocycles. The Bertz CT molecular complexity index is 722. The lowest BCUT2D eigenvalue weighted by molar-refractivity contribution is 0.336. The van der Waals surface area contributed by atoms with E-state index in [-0.39, 0.29) is 0 Å². The van der Waals surface area contributed by atoms with E-state index in [2.05, 4.69) is 50.9 Å². The Morgan fingerprint density at radius 2 is 2.00 bits per heavy atom. The second kappa shape index (κ2) is 9.05. The number of aromatic nitrogens is 3. The van der Waals surface area contributed by atoms with Crippen LogP contribution in [0.4, 0.5) is 0 Å². The summed E-state index contributed by atoms with van der Waals surface area (Å²) in [7, 11) is 1.96. The quantitative estimate of drug-likeness (QED) is 0.594. The summed E-state index contributed by atoms with van der Waals surface area (Å²) in [6.45, 7) is 10.6. The Morgan fingerprint density at radius 3 is 2.64 bits per heavy atom. The summed E-state index contributed by atoms with van der Waals surface area (Å²) in [6, 6.07) is 6.20. The minimum Gasteiger partial charge on any atom is -0.494 e. The van der Waals surface area contributed by atoms with Crippen molar-refractivity contribution < 1.29 is 4.74 Å². The van der Waals surface area contributed by atoms with Gasteiger partial charge in [0.05, 0.1) is 19.7 Å². The number of nitrogens with zero attached hydrogens (tertiary/aromatic N) is 4. The largest absolute Gasteiger partial charge is 0.494 e. The number of aliphatic imine (C=N–C) groups is 1. The molecule has 25 heavy (non-hydrogen) atoms. The molecule has 0 fully saturated rings. The molecule has 2 N–H and O–H groups in total. The van der Waals surface area contributed by atoms with Gasteiger partial charge in [-0.2, -0.15) is 0 Å². The lowest BCUT2D eigenvalue weighted by atomic mass is 10.1. The van der Waals surface area contributed by atoms with Gasteiger partial charge in [0, 0.05) is 19.2 Å². The van der Waals surface area contributed by atoms with E-state index in [1.165, 1.54) is 5.56 Å². The molecule has 0 unspecified atom stereocenters. The molecule has 2 rings (SSSR count). The zero-order valence-corrected chi connectivity index (χ0v) is 15.8. The predicted octanol–water partition coefficient (Wildman–Crippen LogP) is 2.09.